The molecule has 1 aromatic heterocycles. The van der Waals surface area contributed by atoms with Crippen molar-refractivity contribution in [3.63, 3.8) is 0 Å². The topological polar surface area (TPSA) is 78.0 Å². The maximum Gasteiger partial charge on any atom is 0.251 e. The zero-order chi connectivity index (χ0) is 17.1. The van der Waals surface area contributed by atoms with Crippen molar-refractivity contribution in [2.24, 2.45) is 0 Å². The van der Waals surface area contributed by atoms with Crippen LogP contribution in [0.15, 0.2) is 48.8 Å². The minimum atomic E-state index is -0.768. The van der Waals surface area contributed by atoms with E-state index in [1.807, 2.05) is 6.92 Å². The minimum absolute atomic E-state index is 0.217. The first-order valence-electron chi connectivity index (χ1n) is 7.70. The van der Waals surface area contributed by atoms with E-state index in [2.05, 4.69) is 15.3 Å². The lowest BCUT2D eigenvalue weighted by atomic mass is 10.0. The van der Waals surface area contributed by atoms with Gasteiger partial charge in [-0.3, -0.25) is 4.79 Å². The van der Waals surface area contributed by atoms with Crippen LogP contribution < -0.4 is 5.32 Å². The van der Waals surface area contributed by atoms with Crippen LogP contribution >= 0.6 is 0 Å². The van der Waals surface area contributed by atoms with Crippen molar-refractivity contribution in [2.45, 2.75) is 25.5 Å². The second kappa shape index (κ2) is 6.80. The molecule has 0 saturated carbocycles. The number of aliphatic hydroxyl groups is 1. The molecule has 2 unspecified atom stereocenters. The first kappa shape index (κ1) is 16.1. The van der Waals surface area contributed by atoms with E-state index in [4.69, 9.17) is 0 Å². The van der Waals surface area contributed by atoms with E-state index in [1.54, 1.807) is 36.7 Å². The number of aliphatic hydroxyl groups excluding tert-OH is 1. The van der Waals surface area contributed by atoms with Crippen molar-refractivity contribution in [3.8, 4) is 0 Å². The van der Waals surface area contributed by atoms with Crippen LogP contribution in [0.25, 0.3) is 11.0 Å². The molecule has 1 heterocycles. The first-order valence-corrected chi connectivity index (χ1v) is 7.70. The fourth-order valence-corrected chi connectivity index (χ4v) is 2.60. The summed E-state index contributed by atoms with van der Waals surface area (Å²) in [6, 6.07) is 10.7. The molecule has 0 aliphatic carbocycles. The number of imidazole rings is 1. The Hall–Kier alpha value is -2.73. The highest BCUT2D eigenvalue weighted by molar-refractivity contribution is 5.97. The Morgan fingerprint density at radius 2 is 2.04 bits per heavy atom. The summed E-state index contributed by atoms with van der Waals surface area (Å²) in [5, 5.41) is 13.0. The quantitative estimate of drug-likeness (QED) is 0.674. The van der Waals surface area contributed by atoms with Gasteiger partial charge in [-0.15, -0.1) is 0 Å². The Morgan fingerprint density at radius 3 is 2.79 bits per heavy atom. The van der Waals surface area contributed by atoms with Crippen LogP contribution in [-0.4, -0.2) is 27.0 Å². The molecule has 0 spiro atoms. The Bertz CT molecular complexity index is 845. The third-order valence-electron chi connectivity index (χ3n) is 3.89. The van der Waals surface area contributed by atoms with Crippen molar-refractivity contribution in [3.05, 3.63) is 65.7 Å². The summed E-state index contributed by atoms with van der Waals surface area (Å²) >= 11 is 0. The van der Waals surface area contributed by atoms with Crippen LogP contribution in [-0.2, 0) is 0 Å². The molecule has 5 nitrogen and oxygen atoms in total. The third kappa shape index (κ3) is 3.60. The van der Waals surface area contributed by atoms with E-state index in [0.29, 0.717) is 17.5 Å². The summed E-state index contributed by atoms with van der Waals surface area (Å²) in [6.45, 7) is 1.82. The Kier molecular flexibility index (Phi) is 4.57. The SMILES string of the molecule is CC(CC(O)c1ccc(F)cc1)NC(=O)c1ccc2nc[nH]c2c1. The number of nitrogens with zero attached hydrogens (tertiary/aromatic N) is 1. The standard InChI is InChI=1S/C18H18FN3O2/c1-11(8-17(23)12-2-5-14(19)6-3-12)22-18(24)13-4-7-15-16(9-13)21-10-20-15/h2-7,9-11,17,23H,8H2,1H3,(H,20,21)(H,22,24). The lowest BCUT2D eigenvalue weighted by Crippen LogP contribution is -2.33. The highest BCUT2D eigenvalue weighted by Crippen LogP contribution is 2.19. The van der Waals surface area contributed by atoms with Crippen molar-refractivity contribution in [2.75, 3.05) is 0 Å². The van der Waals surface area contributed by atoms with Gasteiger partial charge in [0.25, 0.3) is 5.91 Å². The highest BCUT2D eigenvalue weighted by atomic mass is 19.1. The molecule has 0 bridgehead atoms. The molecule has 1 amide bonds. The number of carbonyl (C=O) groups is 1. The summed E-state index contributed by atoms with van der Waals surface area (Å²) in [7, 11) is 0. The Labute approximate surface area is 138 Å². The van der Waals surface area contributed by atoms with E-state index in [1.165, 1.54) is 12.1 Å². The number of H-pyrrole nitrogens is 1. The van der Waals surface area contributed by atoms with Crippen molar-refractivity contribution < 1.29 is 14.3 Å². The molecule has 3 aromatic rings. The van der Waals surface area contributed by atoms with Gasteiger partial charge >= 0.3 is 0 Å². The fourth-order valence-electron chi connectivity index (χ4n) is 2.60. The molecular formula is C18H18FN3O2. The van der Waals surface area contributed by atoms with E-state index >= 15 is 0 Å². The number of benzene rings is 2. The molecule has 0 aliphatic rings. The van der Waals surface area contributed by atoms with Gasteiger partial charge in [0.15, 0.2) is 0 Å². The smallest absolute Gasteiger partial charge is 0.251 e. The largest absolute Gasteiger partial charge is 0.388 e. The van der Waals surface area contributed by atoms with E-state index in [-0.39, 0.29) is 17.8 Å². The number of aromatic amines is 1. The molecule has 0 saturated heterocycles. The molecule has 3 rings (SSSR count). The molecule has 6 heteroatoms. The van der Waals surface area contributed by atoms with Gasteiger partial charge < -0.3 is 15.4 Å². The predicted molar refractivity (Wildman–Crippen MR) is 89.0 cm³/mol. The minimum Gasteiger partial charge on any atom is -0.388 e. The van der Waals surface area contributed by atoms with Crippen LogP contribution in [0, 0.1) is 5.82 Å². The van der Waals surface area contributed by atoms with Crippen molar-refractivity contribution >= 4 is 16.9 Å². The van der Waals surface area contributed by atoms with Crippen LogP contribution in [0.4, 0.5) is 4.39 Å². The molecular weight excluding hydrogens is 309 g/mol. The summed E-state index contributed by atoms with van der Waals surface area (Å²) in [6.07, 6.45) is 1.15. The second-order valence-corrected chi connectivity index (χ2v) is 5.81. The maximum atomic E-state index is 12.9. The Morgan fingerprint density at radius 1 is 1.29 bits per heavy atom. The number of hydrogen-bond acceptors (Lipinski definition) is 3. The summed E-state index contributed by atoms with van der Waals surface area (Å²) < 4.78 is 12.9. The van der Waals surface area contributed by atoms with Crippen LogP contribution in [0.1, 0.15) is 35.4 Å². The number of fused-ring (bicyclic) bond motifs is 1. The molecule has 2 aromatic carbocycles. The molecule has 2 atom stereocenters. The molecule has 124 valence electrons. The second-order valence-electron chi connectivity index (χ2n) is 5.81. The molecule has 3 N–H and O–H groups in total. The van der Waals surface area contributed by atoms with Crippen molar-refractivity contribution in [1.29, 1.82) is 0 Å². The number of nitrogens with one attached hydrogen (secondary N) is 2. The van der Waals surface area contributed by atoms with E-state index in [9.17, 15) is 14.3 Å². The number of rotatable bonds is 5. The van der Waals surface area contributed by atoms with Gasteiger partial charge in [0, 0.05) is 11.6 Å². The van der Waals surface area contributed by atoms with Crippen molar-refractivity contribution in [1.82, 2.24) is 15.3 Å². The summed E-state index contributed by atoms with van der Waals surface area (Å²) in [5.74, 6) is -0.563. The van der Waals surface area contributed by atoms with Crippen LogP contribution in [0.3, 0.4) is 0 Å². The number of aromatic nitrogens is 2. The fraction of sp³-hybridized carbons (Fsp3) is 0.222. The van der Waals surface area contributed by atoms with E-state index < -0.39 is 6.10 Å². The highest BCUT2D eigenvalue weighted by Gasteiger charge is 2.16. The third-order valence-corrected chi connectivity index (χ3v) is 3.89. The normalized spacial score (nSPS) is 13.6. The Balaban J connectivity index is 1.62. The number of hydrogen-bond donors (Lipinski definition) is 3. The monoisotopic (exact) mass is 327 g/mol. The van der Waals surface area contributed by atoms with Gasteiger partial charge in [-0.1, -0.05) is 12.1 Å². The molecule has 0 radical (unpaired) electrons. The van der Waals surface area contributed by atoms with Gasteiger partial charge in [-0.2, -0.15) is 0 Å². The van der Waals surface area contributed by atoms with Crippen LogP contribution in [0.2, 0.25) is 0 Å². The average molecular weight is 327 g/mol. The number of halogens is 1. The predicted octanol–water partition coefficient (Wildman–Crippen LogP) is 2.94. The van der Waals surface area contributed by atoms with Gasteiger partial charge in [0.05, 0.1) is 23.5 Å². The number of amides is 1. The first-order chi connectivity index (χ1) is 11.5. The van der Waals surface area contributed by atoms with Crippen LogP contribution in [0.5, 0.6) is 0 Å². The summed E-state index contributed by atoms with van der Waals surface area (Å²) in [5.41, 5.74) is 2.74. The van der Waals surface area contributed by atoms with Gasteiger partial charge in [-0.25, -0.2) is 9.37 Å². The summed E-state index contributed by atoms with van der Waals surface area (Å²) in [4.78, 5) is 19.4. The molecule has 0 aliphatic heterocycles. The lowest BCUT2D eigenvalue weighted by molar-refractivity contribution is 0.0917. The van der Waals surface area contributed by atoms with E-state index in [0.717, 1.165) is 11.0 Å². The lowest BCUT2D eigenvalue weighted by Gasteiger charge is -2.18. The van der Waals surface area contributed by atoms with Gasteiger partial charge in [-0.05, 0) is 49.2 Å². The van der Waals surface area contributed by atoms with Gasteiger partial charge in [0.2, 0.25) is 0 Å². The number of carbonyl (C=O) groups excluding carboxylic acids is 1. The zero-order valence-corrected chi connectivity index (χ0v) is 13.2. The maximum absolute atomic E-state index is 12.9. The van der Waals surface area contributed by atoms with Gasteiger partial charge in [0.1, 0.15) is 5.82 Å². The molecule has 24 heavy (non-hydrogen) atoms. The average Bonchev–Trinajstić information content (AvgIpc) is 3.02. The molecule has 0 fully saturated rings. The zero-order valence-electron chi connectivity index (χ0n) is 13.2.